The molecule has 4 aromatic carbocycles. The fourth-order valence-corrected chi connectivity index (χ4v) is 3.60. The Balaban J connectivity index is 1.32. The molecule has 1 atom stereocenters. The highest BCUT2D eigenvalue weighted by molar-refractivity contribution is 6.30. The number of amides is 1. The van der Waals surface area contributed by atoms with Crippen LogP contribution in [-0.2, 0) is 4.79 Å². The Kier molecular flexibility index (Phi) is 8.74. The summed E-state index contributed by atoms with van der Waals surface area (Å²) in [5.74, 6) is 0.197. The Bertz CT molecular complexity index is 1420. The molecule has 0 aliphatic rings. The summed E-state index contributed by atoms with van der Waals surface area (Å²) in [5.41, 5.74) is 5.60. The average molecular weight is 529 g/mol. The molecule has 1 amide bonds. The first-order chi connectivity index (χ1) is 18.4. The summed E-state index contributed by atoms with van der Waals surface area (Å²) in [6.45, 7) is 1.64. The number of hydrogen-bond donors (Lipinski definition) is 1. The van der Waals surface area contributed by atoms with Crippen LogP contribution in [0.15, 0.2) is 102 Å². The Morgan fingerprint density at radius 1 is 0.868 bits per heavy atom. The minimum atomic E-state index is -0.765. The van der Waals surface area contributed by atoms with Crippen LogP contribution in [-0.4, -0.2) is 31.3 Å². The summed E-state index contributed by atoms with van der Waals surface area (Å²) >= 11 is 5.86. The maximum absolute atomic E-state index is 12.4. The Hall–Kier alpha value is -4.62. The first-order valence-corrected chi connectivity index (χ1v) is 12.1. The molecular weight excluding hydrogens is 504 g/mol. The van der Waals surface area contributed by atoms with Crippen molar-refractivity contribution in [3.05, 3.63) is 113 Å². The number of ether oxygens (including phenoxy) is 3. The van der Waals surface area contributed by atoms with Gasteiger partial charge in [-0.1, -0.05) is 54.1 Å². The molecule has 0 fully saturated rings. The number of rotatable bonds is 9. The number of hydrogen-bond acceptors (Lipinski definition) is 6. The molecule has 4 rings (SSSR count). The molecule has 0 aliphatic carbocycles. The highest BCUT2D eigenvalue weighted by Gasteiger charge is 2.15. The lowest BCUT2D eigenvalue weighted by atomic mass is 10.1. The van der Waals surface area contributed by atoms with Crippen molar-refractivity contribution in [2.75, 3.05) is 7.11 Å². The normalized spacial score (nSPS) is 11.6. The Labute approximate surface area is 225 Å². The van der Waals surface area contributed by atoms with Crippen LogP contribution in [0, 0.1) is 0 Å². The van der Waals surface area contributed by atoms with Gasteiger partial charge in [0.1, 0.15) is 5.75 Å². The molecule has 4 aromatic rings. The van der Waals surface area contributed by atoms with Gasteiger partial charge in [-0.2, -0.15) is 5.10 Å². The van der Waals surface area contributed by atoms with Crippen LogP contribution in [0.2, 0.25) is 5.02 Å². The molecular formula is C30H25ClN2O5. The predicted octanol–water partition coefficient (Wildman–Crippen LogP) is 6.15. The molecule has 7 nitrogen and oxygen atoms in total. The lowest BCUT2D eigenvalue weighted by Crippen LogP contribution is -2.33. The van der Waals surface area contributed by atoms with Crippen molar-refractivity contribution in [2.24, 2.45) is 5.10 Å². The summed E-state index contributed by atoms with van der Waals surface area (Å²) in [6.07, 6.45) is 0.686. The fourth-order valence-electron chi connectivity index (χ4n) is 3.47. The molecule has 0 spiro atoms. The van der Waals surface area contributed by atoms with Gasteiger partial charge >= 0.3 is 5.97 Å². The molecule has 0 bridgehead atoms. The Morgan fingerprint density at radius 2 is 1.55 bits per heavy atom. The highest BCUT2D eigenvalue weighted by atomic mass is 35.5. The summed E-state index contributed by atoms with van der Waals surface area (Å²) in [6, 6.07) is 28.8. The number of benzene rings is 4. The molecule has 0 heterocycles. The van der Waals surface area contributed by atoms with Crippen LogP contribution in [0.5, 0.6) is 17.2 Å². The van der Waals surface area contributed by atoms with Gasteiger partial charge in [-0.15, -0.1) is 0 Å². The summed E-state index contributed by atoms with van der Waals surface area (Å²) < 4.78 is 16.5. The third kappa shape index (κ3) is 6.99. The van der Waals surface area contributed by atoms with Crippen LogP contribution in [0.3, 0.4) is 0 Å². The number of nitrogens with one attached hydrogen (secondary N) is 1. The number of esters is 1. The smallest absolute Gasteiger partial charge is 0.343 e. The SMILES string of the molecule is COc1cc(/C=N\NC(=O)[C@@H](C)Oc2ccc(-c3ccccc3)cc2)ccc1OC(=O)c1ccc(Cl)cc1. The number of methoxy groups -OCH3 is 1. The first kappa shape index (κ1) is 26.4. The molecule has 0 unspecified atom stereocenters. The number of nitrogens with zero attached hydrogens (tertiary/aromatic N) is 1. The maximum Gasteiger partial charge on any atom is 0.343 e. The van der Waals surface area contributed by atoms with Gasteiger partial charge in [0.15, 0.2) is 17.6 Å². The van der Waals surface area contributed by atoms with Gasteiger partial charge in [0.05, 0.1) is 18.9 Å². The largest absolute Gasteiger partial charge is 0.493 e. The first-order valence-electron chi connectivity index (χ1n) is 11.7. The topological polar surface area (TPSA) is 86.2 Å². The van der Waals surface area contributed by atoms with Crippen molar-refractivity contribution >= 4 is 29.7 Å². The van der Waals surface area contributed by atoms with Crippen molar-refractivity contribution < 1.29 is 23.8 Å². The van der Waals surface area contributed by atoms with Gasteiger partial charge in [-0.25, -0.2) is 10.2 Å². The van der Waals surface area contributed by atoms with Crippen LogP contribution in [0.1, 0.15) is 22.8 Å². The predicted molar refractivity (Wildman–Crippen MR) is 147 cm³/mol. The van der Waals surface area contributed by atoms with Crippen LogP contribution in [0.4, 0.5) is 0 Å². The average Bonchev–Trinajstić information content (AvgIpc) is 2.94. The van der Waals surface area contributed by atoms with Crippen molar-refractivity contribution in [1.29, 1.82) is 0 Å². The standard InChI is InChI=1S/C30H25ClN2O5/c1-20(37-26-15-11-23(12-16-26)22-6-4-3-5-7-22)29(34)33-32-19-21-8-17-27(28(18-21)36-2)38-30(35)24-9-13-25(31)14-10-24/h3-20H,1-2H3,(H,33,34)/b32-19-/t20-/m1/s1. The van der Waals surface area contributed by atoms with Crippen LogP contribution in [0.25, 0.3) is 11.1 Å². The van der Waals surface area contributed by atoms with E-state index >= 15 is 0 Å². The lowest BCUT2D eigenvalue weighted by Gasteiger charge is -2.13. The zero-order valence-electron chi connectivity index (χ0n) is 20.8. The molecule has 8 heteroatoms. The molecule has 0 radical (unpaired) electrons. The van der Waals surface area contributed by atoms with Crippen molar-refractivity contribution in [1.82, 2.24) is 5.43 Å². The van der Waals surface area contributed by atoms with E-state index in [1.54, 1.807) is 49.4 Å². The third-order valence-electron chi connectivity index (χ3n) is 5.50. The maximum atomic E-state index is 12.4. The van der Waals surface area contributed by atoms with Crippen molar-refractivity contribution in [2.45, 2.75) is 13.0 Å². The van der Waals surface area contributed by atoms with Gasteiger partial charge in [0, 0.05) is 5.02 Å². The van der Waals surface area contributed by atoms with E-state index in [2.05, 4.69) is 10.5 Å². The number of carbonyl (C=O) groups is 2. The zero-order valence-corrected chi connectivity index (χ0v) is 21.5. The van der Waals surface area contributed by atoms with Gasteiger partial charge in [-0.3, -0.25) is 4.79 Å². The molecule has 38 heavy (non-hydrogen) atoms. The molecule has 192 valence electrons. The quantitative estimate of drug-likeness (QED) is 0.122. The third-order valence-corrected chi connectivity index (χ3v) is 5.75. The van der Waals surface area contributed by atoms with Gasteiger partial charge in [0.25, 0.3) is 5.91 Å². The second-order valence-corrected chi connectivity index (χ2v) is 8.63. The molecule has 0 aliphatic heterocycles. The molecule has 0 aromatic heterocycles. The van der Waals surface area contributed by atoms with E-state index in [0.717, 1.165) is 11.1 Å². The van der Waals surface area contributed by atoms with Gasteiger partial charge in [0.2, 0.25) is 0 Å². The lowest BCUT2D eigenvalue weighted by molar-refractivity contribution is -0.127. The number of carbonyl (C=O) groups excluding carboxylic acids is 2. The summed E-state index contributed by atoms with van der Waals surface area (Å²) in [7, 11) is 1.46. The van der Waals surface area contributed by atoms with E-state index in [1.165, 1.54) is 13.3 Å². The van der Waals surface area contributed by atoms with E-state index in [-0.39, 0.29) is 5.75 Å². The minimum absolute atomic E-state index is 0.244. The Morgan fingerprint density at radius 3 is 2.24 bits per heavy atom. The van der Waals surface area contributed by atoms with Crippen LogP contribution >= 0.6 is 11.6 Å². The summed E-state index contributed by atoms with van der Waals surface area (Å²) in [4.78, 5) is 24.8. The second-order valence-electron chi connectivity index (χ2n) is 8.19. The van der Waals surface area contributed by atoms with E-state index in [9.17, 15) is 9.59 Å². The van der Waals surface area contributed by atoms with Crippen molar-refractivity contribution in [3.8, 4) is 28.4 Å². The van der Waals surface area contributed by atoms with E-state index in [1.807, 2.05) is 54.6 Å². The highest BCUT2D eigenvalue weighted by Crippen LogP contribution is 2.28. The second kappa shape index (κ2) is 12.6. The number of hydrazone groups is 1. The summed E-state index contributed by atoms with van der Waals surface area (Å²) in [5, 5.41) is 4.52. The number of halogens is 1. The minimum Gasteiger partial charge on any atom is -0.493 e. The molecule has 0 saturated heterocycles. The zero-order chi connectivity index (χ0) is 26.9. The molecule has 0 saturated carbocycles. The monoisotopic (exact) mass is 528 g/mol. The van der Waals surface area contributed by atoms with E-state index in [0.29, 0.717) is 27.6 Å². The van der Waals surface area contributed by atoms with Crippen molar-refractivity contribution in [3.63, 3.8) is 0 Å². The van der Waals surface area contributed by atoms with Gasteiger partial charge in [-0.05, 0) is 78.2 Å². The molecule has 1 N–H and O–H groups in total. The van der Waals surface area contributed by atoms with E-state index < -0.39 is 18.0 Å². The fraction of sp³-hybridized carbons (Fsp3) is 0.100. The van der Waals surface area contributed by atoms with Crippen LogP contribution < -0.4 is 19.6 Å². The van der Waals surface area contributed by atoms with Gasteiger partial charge < -0.3 is 14.2 Å². The van der Waals surface area contributed by atoms with E-state index in [4.69, 9.17) is 25.8 Å².